The highest BCUT2D eigenvalue weighted by Crippen LogP contribution is 1.93. The first-order chi connectivity index (χ1) is 5.22. The predicted molar refractivity (Wildman–Crippen MR) is 50.0 cm³/mol. The van der Waals surface area contributed by atoms with Crippen molar-refractivity contribution in [1.29, 1.82) is 0 Å². The van der Waals surface area contributed by atoms with Crippen molar-refractivity contribution in [3.63, 3.8) is 0 Å². The van der Waals surface area contributed by atoms with E-state index in [2.05, 4.69) is 21.2 Å². The first-order valence-electron chi connectivity index (χ1n) is 3.67. The van der Waals surface area contributed by atoms with E-state index < -0.39 is 0 Å². The molecule has 0 heterocycles. The molecule has 0 spiro atoms. The first kappa shape index (κ1) is 10.9. The molecule has 0 saturated carbocycles. The highest BCUT2D eigenvalue weighted by molar-refractivity contribution is 9.09. The van der Waals surface area contributed by atoms with Gasteiger partial charge < -0.3 is 10.2 Å². The highest BCUT2D eigenvalue weighted by atomic mass is 79.9. The third-order valence-electron chi connectivity index (χ3n) is 1.43. The van der Waals surface area contributed by atoms with E-state index in [0.717, 1.165) is 18.4 Å². The monoisotopic (exact) mass is 222 g/mol. The summed E-state index contributed by atoms with van der Waals surface area (Å²) >= 11 is 3.22. The Bertz CT molecular complexity index is 119. The summed E-state index contributed by atoms with van der Waals surface area (Å²) in [5.74, 6) is 0.192. The highest BCUT2D eigenvalue weighted by Gasteiger charge is 2.05. The van der Waals surface area contributed by atoms with E-state index in [1.807, 2.05) is 14.1 Å². The lowest BCUT2D eigenvalue weighted by molar-refractivity contribution is -0.129. The molecule has 0 atom stereocenters. The second kappa shape index (κ2) is 6.61. The van der Waals surface area contributed by atoms with E-state index in [4.69, 9.17) is 0 Å². The Morgan fingerprint density at radius 3 is 2.73 bits per heavy atom. The quantitative estimate of drug-likeness (QED) is 0.686. The molecule has 0 radical (unpaired) electrons. The summed E-state index contributed by atoms with van der Waals surface area (Å²) < 4.78 is 0. The van der Waals surface area contributed by atoms with E-state index in [9.17, 15) is 4.79 Å². The SMILES string of the molecule is CNCCN(C)C(=O)CCBr. The molecular weight excluding hydrogens is 208 g/mol. The van der Waals surface area contributed by atoms with E-state index in [1.165, 1.54) is 0 Å². The molecule has 1 N–H and O–H groups in total. The summed E-state index contributed by atoms with van der Waals surface area (Å²) in [6, 6.07) is 0. The third-order valence-corrected chi connectivity index (χ3v) is 1.83. The first-order valence-corrected chi connectivity index (χ1v) is 4.79. The Hall–Kier alpha value is -0.0900. The molecule has 4 heteroatoms. The molecule has 0 aliphatic heterocycles. The van der Waals surface area contributed by atoms with E-state index in [-0.39, 0.29) is 5.91 Å². The lowest BCUT2D eigenvalue weighted by atomic mass is 10.4. The summed E-state index contributed by atoms with van der Waals surface area (Å²) in [4.78, 5) is 12.9. The van der Waals surface area contributed by atoms with Gasteiger partial charge in [0.2, 0.25) is 5.91 Å². The van der Waals surface area contributed by atoms with Crippen molar-refractivity contribution in [2.75, 3.05) is 32.5 Å². The number of carbonyl (C=O) groups is 1. The standard InChI is InChI=1S/C7H15BrN2O/c1-9-5-6-10(2)7(11)3-4-8/h9H,3-6H2,1-2H3. The molecule has 11 heavy (non-hydrogen) atoms. The molecule has 0 aromatic carbocycles. The van der Waals surface area contributed by atoms with Crippen molar-refractivity contribution < 1.29 is 4.79 Å². The zero-order valence-electron chi connectivity index (χ0n) is 7.06. The van der Waals surface area contributed by atoms with E-state index in [1.54, 1.807) is 4.90 Å². The maximum atomic E-state index is 11.1. The molecule has 0 rings (SSSR count). The molecule has 0 unspecified atom stereocenters. The van der Waals surface area contributed by atoms with Crippen LogP contribution in [0, 0.1) is 0 Å². The fourth-order valence-electron chi connectivity index (χ4n) is 0.676. The van der Waals surface area contributed by atoms with E-state index in [0.29, 0.717) is 6.42 Å². The van der Waals surface area contributed by atoms with Crippen molar-refractivity contribution >= 4 is 21.8 Å². The average Bonchev–Trinajstić information content (AvgIpc) is 2.00. The zero-order chi connectivity index (χ0) is 8.69. The summed E-state index contributed by atoms with van der Waals surface area (Å²) in [6.45, 7) is 1.63. The van der Waals surface area contributed by atoms with Gasteiger partial charge in [-0.25, -0.2) is 0 Å². The Morgan fingerprint density at radius 1 is 1.64 bits per heavy atom. The largest absolute Gasteiger partial charge is 0.344 e. The number of hydrogen-bond donors (Lipinski definition) is 1. The Morgan fingerprint density at radius 2 is 2.27 bits per heavy atom. The van der Waals surface area contributed by atoms with Gasteiger partial charge in [-0.15, -0.1) is 0 Å². The van der Waals surface area contributed by atoms with Gasteiger partial charge in [0.05, 0.1) is 0 Å². The fourth-order valence-corrected chi connectivity index (χ4v) is 1.02. The molecule has 66 valence electrons. The van der Waals surface area contributed by atoms with Crippen LogP contribution in [-0.2, 0) is 4.79 Å². The van der Waals surface area contributed by atoms with Gasteiger partial charge in [-0.05, 0) is 7.05 Å². The zero-order valence-corrected chi connectivity index (χ0v) is 8.65. The summed E-state index contributed by atoms with van der Waals surface area (Å²) in [5.41, 5.74) is 0. The van der Waals surface area contributed by atoms with Gasteiger partial charge in [0.25, 0.3) is 0 Å². The minimum absolute atomic E-state index is 0.192. The van der Waals surface area contributed by atoms with Gasteiger partial charge in [0.15, 0.2) is 0 Å². The van der Waals surface area contributed by atoms with Crippen LogP contribution in [0.15, 0.2) is 0 Å². The molecule has 3 nitrogen and oxygen atoms in total. The van der Waals surface area contributed by atoms with Crippen LogP contribution in [-0.4, -0.2) is 43.3 Å². The van der Waals surface area contributed by atoms with Gasteiger partial charge >= 0.3 is 0 Å². The molecule has 0 aliphatic rings. The smallest absolute Gasteiger partial charge is 0.223 e. The van der Waals surface area contributed by atoms with Crippen molar-refractivity contribution in [3.05, 3.63) is 0 Å². The van der Waals surface area contributed by atoms with Crippen LogP contribution in [0.4, 0.5) is 0 Å². The lowest BCUT2D eigenvalue weighted by Gasteiger charge is -2.15. The average molecular weight is 223 g/mol. The van der Waals surface area contributed by atoms with Crippen LogP contribution < -0.4 is 5.32 Å². The number of hydrogen-bond acceptors (Lipinski definition) is 2. The number of rotatable bonds is 5. The molecule has 0 fully saturated rings. The Kier molecular flexibility index (Phi) is 6.56. The summed E-state index contributed by atoms with van der Waals surface area (Å²) in [5, 5.41) is 3.74. The van der Waals surface area contributed by atoms with Crippen molar-refractivity contribution in [2.45, 2.75) is 6.42 Å². The van der Waals surface area contributed by atoms with Crippen LogP contribution in [0.2, 0.25) is 0 Å². The van der Waals surface area contributed by atoms with Crippen LogP contribution >= 0.6 is 15.9 Å². The molecule has 0 bridgehead atoms. The Labute approximate surface area is 76.3 Å². The number of likely N-dealkylation sites (N-methyl/N-ethyl adjacent to an activating group) is 2. The van der Waals surface area contributed by atoms with Crippen molar-refractivity contribution in [2.24, 2.45) is 0 Å². The van der Waals surface area contributed by atoms with E-state index >= 15 is 0 Å². The lowest BCUT2D eigenvalue weighted by Crippen LogP contribution is -2.32. The normalized spacial score (nSPS) is 9.73. The van der Waals surface area contributed by atoms with Gasteiger partial charge in [0.1, 0.15) is 0 Å². The topological polar surface area (TPSA) is 32.3 Å². The van der Waals surface area contributed by atoms with Gasteiger partial charge in [0, 0.05) is 31.9 Å². The number of amides is 1. The number of alkyl halides is 1. The minimum atomic E-state index is 0.192. The van der Waals surface area contributed by atoms with Crippen LogP contribution in [0.5, 0.6) is 0 Å². The molecular formula is C7H15BrN2O. The van der Waals surface area contributed by atoms with Crippen molar-refractivity contribution in [3.8, 4) is 0 Å². The fraction of sp³-hybridized carbons (Fsp3) is 0.857. The van der Waals surface area contributed by atoms with Crippen LogP contribution in [0.25, 0.3) is 0 Å². The second-order valence-corrected chi connectivity index (χ2v) is 3.15. The third kappa shape index (κ3) is 5.21. The molecule has 0 aromatic rings. The second-order valence-electron chi connectivity index (χ2n) is 2.36. The number of halogens is 1. The number of nitrogens with one attached hydrogen (secondary N) is 1. The number of carbonyl (C=O) groups excluding carboxylic acids is 1. The van der Waals surface area contributed by atoms with Crippen LogP contribution in [0.3, 0.4) is 0 Å². The van der Waals surface area contributed by atoms with Crippen LogP contribution in [0.1, 0.15) is 6.42 Å². The van der Waals surface area contributed by atoms with Gasteiger partial charge in [-0.2, -0.15) is 0 Å². The maximum absolute atomic E-state index is 11.1. The Balaban J connectivity index is 3.46. The molecule has 0 aliphatic carbocycles. The van der Waals surface area contributed by atoms with Gasteiger partial charge in [-0.1, -0.05) is 15.9 Å². The number of nitrogens with zero attached hydrogens (tertiary/aromatic N) is 1. The van der Waals surface area contributed by atoms with Crippen molar-refractivity contribution in [1.82, 2.24) is 10.2 Å². The molecule has 0 saturated heterocycles. The summed E-state index contributed by atoms with van der Waals surface area (Å²) in [6.07, 6.45) is 0.584. The van der Waals surface area contributed by atoms with Gasteiger partial charge in [-0.3, -0.25) is 4.79 Å². The molecule has 0 aromatic heterocycles. The summed E-state index contributed by atoms with van der Waals surface area (Å²) in [7, 11) is 3.70. The maximum Gasteiger partial charge on any atom is 0.223 e. The predicted octanol–water partition coefficient (Wildman–Crippen LogP) is 0.449. The minimum Gasteiger partial charge on any atom is -0.344 e. The molecule has 1 amide bonds.